The molecule has 0 unspecified atom stereocenters. The van der Waals surface area contributed by atoms with Crippen molar-refractivity contribution in [2.75, 3.05) is 0 Å². The summed E-state index contributed by atoms with van der Waals surface area (Å²) < 4.78 is 25.3. The second-order valence-corrected chi connectivity index (χ2v) is 9.38. The van der Waals surface area contributed by atoms with Crippen LogP contribution < -0.4 is 0 Å². The molecule has 2 aliphatic heterocycles. The van der Waals surface area contributed by atoms with Crippen LogP contribution in [0.4, 0.5) is 0 Å². The number of ether oxygens (including phenoxy) is 4. The first-order chi connectivity index (χ1) is 14.5. The van der Waals surface area contributed by atoms with Gasteiger partial charge in [0.1, 0.15) is 36.6 Å². The van der Waals surface area contributed by atoms with Crippen molar-refractivity contribution >= 4 is 0 Å². The van der Waals surface area contributed by atoms with Crippen LogP contribution in [0, 0.1) is 0 Å². The Morgan fingerprint density at radius 2 is 0.800 bits per heavy atom. The van der Waals surface area contributed by atoms with Crippen molar-refractivity contribution < 1.29 is 29.2 Å². The summed E-state index contributed by atoms with van der Waals surface area (Å²) in [5, 5.41) is 22.3. The lowest BCUT2D eigenvalue weighted by Crippen LogP contribution is -2.61. The summed E-state index contributed by atoms with van der Waals surface area (Å²) in [4.78, 5) is 0. The zero-order valence-electron chi connectivity index (χ0n) is 16.4. The van der Waals surface area contributed by atoms with Crippen molar-refractivity contribution in [3.05, 3.63) is 70.8 Å². The van der Waals surface area contributed by atoms with Gasteiger partial charge in [-0.25, -0.2) is 0 Å². The molecule has 6 heteroatoms. The molecule has 5 aliphatic rings. The maximum atomic E-state index is 11.2. The highest BCUT2D eigenvalue weighted by molar-refractivity contribution is 5.36. The van der Waals surface area contributed by atoms with Gasteiger partial charge in [0.2, 0.25) is 0 Å². The number of rotatable bonds is 0. The van der Waals surface area contributed by atoms with Gasteiger partial charge in [0, 0.05) is 25.7 Å². The van der Waals surface area contributed by atoms with Gasteiger partial charge in [-0.15, -0.1) is 0 Å². The Hall–Kier alpha value is -1.80. The van der Waals surface area contributed by atoms with Crippen molar-refractivity contribution in [1.82, 2.24) is 0 Å². The van der Waals surface area contributed by atoms with Gasteiger partial charge in [-0.2, -0.15) is 0 Å². The van der Waals surface area contributed by atoms with Crippen molar-refractivity contribution in [3.63, 3.8) is 0 Å². The smallest absolute Gasteiger partial charge is 0.177 e. The Balaban J connectivity index is 1.16. The Morgan fingerprint density at radius 1 is 0.533 bits per heavy atom. The van der Waals surface area contributed by atoms with E-state index in [2.05, 4.69) is 24.3 Å². The molecule has 3 aliphatic carbocycles. The Labute approximate surface area is 174 Å². The normalized spacial score (nSPS) is 39.1. The number of hydrogen-bond donors (Lipinski definition) is 2. The van der Waals surface area contributed by atoms with Crippen LogP contribution in [-0.4, -0.2) is 58.4 Å². The van der Waals surface area contributed by atoms with E-state index in [4.69, 9.17) is 18.9 Å². The molecule has 0 amide bonds. The number of fused-ring (bicyclic) bond motifs is 4. The summed E-state index contributed by atoms with van der Waals surface area (Å²) >= 11 is 0. The van der Waals surface area contributed by atoms with Crippen LogP contribution in [0.3, 0.4) is 0 Å². The van der Waals surface area contributed by atoms with Crippen molar-refractivity contribution in [1.29, 1.82) is 0 Å². The fourth-order valence-corrected chi connectivity index (χ4v) is 6.17. The number of hydrogen-bond acceptors (Lipinski definition) is 6. The van der Waals surface area contributed by atoms with Crippen LogP contribution in [0.1, 0.15) is 22.3 Å². The first-order valence-electron chi connectivity index (χ1n) is 10.8. The summed E-state index contributed by atoms with van der Waals surface area (Å²) in [7, 11) is 0. The third-order valence-electron chi connectivity index (χ3n) is 7.47. The van der Waals surface area contributed by atoms with Gasteiger partial charge < -0.3 is 29.2 Å². The molecule has 2 aromatic rings. The molecule has 2 saturated heterocycles. The number of aliphatic hydroxyl groups excluding tert-OH is 2. The van der Waals surface area contributed by atoms with Crippen LogP contribution >= 0.6 is 0 Å². The van der Waals surface area contributed by atoms with Gasteiger partial charge in [-0.1, -0.05) is 48.5 Å². The Kier molecular flexibility index (Phi) is 3.51. The van der Waals surface area contributed by atoms with Crippen LogP contribution in [0.15, 0.2) is 48.5 Å². The van der Waals surface area contributed by atoms with Gasteiger partial charge in [-0.05, 0) is 22.3 Å². The van der Waals surface area contributed by atoms with E-state index in [-0.39, 0.29) is 0 Å². The first kappa shape index (κ1) is 17.8. The molecule has 3 fully saturated rings. The molecule has 6 nitrogen and oxygen atoms in total. The maximum absolute atomic E-state index is 11.2. The fraction of sp³-hybridized carbons (Fsp3) is 0.500. The molecule has 30 heavy (non-hydrogen) atoms. The van der Waals surface area contributed by atoms with E-state index in [0.29, 0.717) is 25.7 Å². The van der Waals surface area contributed by atoms with Gasteiger partial charge in [0.05, 0.1) is 0 Å². The first-order valence-corrected chi connectivity index (χ1v) is 10.8. The molecule has 0 aromatic heterocycles. The molecule has 7 rings (SSSR count). The van der Waals surface area contributed by atoms with Gasteiger partial charge >= 0.3 is 0 Å². The summed E-state index contributed by atoms with van der Waals surface area (Å²) in [6, 6.07) is 16.3. The molecule has 2 N–H and O–H groups in total. The van der Waals surface area contributed by atoms with Crippen molar-refractivity contribution in [3.8, 4) is 0 Å². The van der Waals surface area contributed by atoms with Crippen LogP contribution in [0.2, 0.25) is 0 Å². The zero-order chi connectivity index (χ0) is 20.1. The second kappa shape index (κ2) is 5.91. The molecule has 156 valence electrons. The minimum Gasteiger partial charge on any atom is -0.387 e. The lowest BCUT2D eigenvalue weighted by atomic mass is 9.85. The SMILES string of the molecule is O[C@@H]1[C@H]2OC3(Cc4ccccc4C3)O[C@H]2[C@@H](O)[C@@H]2OC3(Cc4ccccc4C3)O[C@@H]12. The highest BCUT2D eigenvalue weighted by Gasteiger charge is 2.66. The molecular formula is C24H24O6. The third-order valence-corrected chi connectivity index (χ3v) is 7.47. The summed E-state index contributed by atoms with van der Waals surface area (Å²) in [6.07, 6.45) is -1.94. The lowest BCUT2D eigenvalue weighted by Gasteiger charge is -2.38. The molecule has 2 spiro atoms. The summed E-state index contributed by atoms with van der Waals surface area (Å²) in [5.74, 6) is -1.66. The third kappa shape index (κ3) is 2.35. The molecule has 2 aromatic carbocycles. The predicted molar refractivity (Wildman–Crippen MR) is 105 cm³/mol. The number of benzene rings is 2. The molecule has 1 saturated carbocycles. The molecule has 0 radical (unpaired) electrons. The maximum Gasteiger partial charge on any atom is 0.177 e. The Bertz CT molecular complexity index is 861. The van der Waals surface area contributed by atoms with E-state index in [0.717, 1.165) is 0 Å². The molecule has 0 bridgehead atoms. The predicted octanol–water partition coefficient (Wildman–Crippen LogP) is 1.28. The van der Waals surface area contributed by atoms with Crippen LogP contribution in [0.5, 0.6) is 0 Å². The zero-order valence-corrected chi connectivity index (χ0v) is 16.4. The second-order valence-electron chi connectivity index (χ2n) is 9.38. The minimum absolute atomic E-state index is 0.617. The van der Waals surface area contributed by atoms with Gasteiger partial charge in [0.25, 0.3) is 0 Å². The molecule has 6 atom stereocenters. The van der Waals surface area contributed by atoms with Crippen molar-refractivity contribution in [2.45, 2.75) is 73.9 Å². The molecule has 2 heterocycles. The highest BCUT2D eigenvalue weighted by atomic mass is 16.8. The average Bonchev–Trinajstić information content (AvgIpc) is 3.48. The average molecular weight is 408 g/mol. The monoisotopic (exact) mass is 408 g/mol. The van der Waals surface area contributed by atoms with E-state index >= 15 is 0 Å². The number of aliphatic hydroxyl groups is 2. The Morgan fingerprint density at radius 3 is 1.07 bits per heavy atom. The van der Waals surface area contributed by atoms with E-state index < -0.39 is 48.2 Å². The standard InChI is InChI=1S/C24H24O6/c25-17-19-20(28-23(27-19)9-13-5-1-2-6-14(13)10-23)18(26)22-21(17)29-24(30-22)11-15-7-3-4-8-16(15)12-24/h1-8,17-22,25-26H,9-12H2/t17-,18-,19-,20-,21-,22+/m0/s1. The lowest BCUT2D eigenvalue weighted by molar-refractivity contribution is -0.200. The van der Waals surface area contributed by atoms with E-state index in [1.807, 2.05) is 24.3 Å². The van der Waals surface area contributed by atoms with E-state index in [1.54, 1.807) is 0 Å². The fourth-order valence-electron chi connectivity index (χ4n) is 6.17. The van der Waals surface area contributed by atoms with Crippen molar-refractivity contribution in [2.24, 2.45) is 0 Å². The molecular weight excluding hydrogens is 384 g/mol. The topological polar surface area (TPSA) is 77.4 Å². The largest absolute Gasteiger partial charge is 0.387 e. The van der Waals surface area contributed by atoms with E-state index in [1.165, 1.54) is 22.3 Å². The van der Waals surface area contributed by atoms with Crippen LogP contribution in [-0.2, 0) is 44.6 Å². The minimum atomic E-state index is -0.922. The van der Waals surface area contributed by atoms with Gasteiger partial charge in [0.15, 0.2) is 11.6 Å². The highest BCUT2D eigenvalue weighted by Crippen LogP contribution is 2.50. The summed E-state index contributed by atoms with van der Waals surface area (Å²) in [6.45, 7) is 0. The van der Waals surface area contributed by atoms with Gasteiger partial charge in [-0.3, -0.25) is 0 Å². The summed E-state index contributed by atoms with van der Waals surface area (Å²) in [5.41, 5.74) is 4.76. The van der Waals surface area contributed by atoms with Crippen LogP contribution in [0.25, 0.3) is 0 Å². The van der Waals surface area contributed by atoms with E-state index in [9.17, 15) is 10.2 Å². The quantitative estimate of drug-likeness (QED) is 0.684.